The first kappa shape index (κ1) is 14.3. The predicted molar refractivity (Wildman–Crippen MR) is 62.7 cm³/mol. The van der Waals surface area contributed by atoms with Crippen LogP contribution in [0.1, 0.15) is 38.4 Å². The molecule has 2 rings (SSSR count). The van der Waals surface area contributed by atoms with Gasteiger partial charge >= 0.3 is 6.18 Å². The van der Waals surface area contributed by atoms with Crippen molar-refractivity contribution in [3.63, 3.8) is 0 Å². The van der Waals surface area contributed by atoms with Crippen LogP contribution >= 0.6 is 0 Å². The monoisotopic (exact) mass is 277 g/mol. The van der Waals surface area contributed by atoms with Gasteiger partial charge in [0.1, 0.15) is 6.42 Å². The summed E-state index contributed by atoms with van der Waals surface area (Å²) in [6.45, 7) is 5.69. The van der Waals surface area contributed by atoms with Gasteiger partial charge in [0, 0.05) is 5.41 Å². The summed E-state index contributed by atoms with van der Waals surface area (Å²) in [6.07, 6.45) is -3.39. The Morgan fingerprint density at radius 2 is 2.11 bits per heavy atom. The first-order valence-corrected chi connectivity index (χ1v) is 6.39. The molecule has 1 aromatic rings. The third kappa shape index (κ3) is 3.46. The van der Waals surface area contributed by atoms with Crippen LogP contribution in [-0.4, -0.2) is 29.4 Å². The summed E-state index contributed by atoms with van der Waals surface area (Å²) in [5, 5.41) is 6.72. The molecule has 0 radical (unpaired) electrons. The van der Waals surface area contributed by atoms with Gasteiger partial charge in [-0.15, -0.1) is 0 Å². The number of hydrogen-bond acceptors (Lipinski definition) is 4. The summed E-state index contributed by atoms with van der Waals surface area (Å²) in [7, 11) is 0. The molecule has 1 aromatic heterocycles. The molecule has 0 spiro atoms. The minimum atomic E-state index is -4.31. The zero-order valence-corrected chi connectivity index (χ0v) is 11.0. The van der Waals surface area contributed by atoms with E-state index in [1.54, 1.807) is 0 Å². The van der Waals surface area contributed by atoms with E-state index in [4.69, 9.17) is 4.52 Å². The maximum absolute atomic E-state index is 12.3. The fraction of sp³-hybridized carbons (Fsp3) is 0.833. The Hall–Kier alpha value is -1.11. The number of hydrogen-bond donors (Lipinski definition) is 1. The normalized spacial score (nSPS) is 21.6. The standard InChI is InChI=1S/C12H18F3N3O/c1-11(2,8-4-3-5-16-7-8)10-17-9(18-19-10)6-12(13,14)15/h8,16H,3-7H2,1-2H3. The molecule has 0 amide bonds. The SMILES string of the molecule is CC(C)(c1nc(CC(F)(F)F)no1)C1CCCNC1. The molecule has 2 heterocycles. The number of nitrogens with one attached hydrogen (secondary N) is 1. The van der Waals surface area contributed by atoms with E-state index in [9.17, 15) is 13.2 Å². The quantitative estimate of drug-likeness (QED) is 0.922. The Labute approximate surface area is 109 Å². The lowest BCUT2D eigenvalue weighted by molar-refractivity contribution is -0.128. The number of aromatic nitrogens is 2. The van der Waals surface area contributed by atoms with Gasteiger partial charge in [-0.25, -0.2) is 0 Å². The Kier molecular flexibility index (Phi) is 3.85. The van der Waals surface area contributed by atoms with Crippen molar-refractivity contribution in [3.05, 3.63) is 11.7 Å². The molecule has 1 unspecified atom stereocenters. The molecule has 0 aromatic carbocycles. The minimum Gasteiger partial charge on any atom is -0.339 e. The molecular weight excluding hydrogens is 259 g/mol. The average Bonchev–Trinajstić information content (AvgIpc) is 2.77. The highest BCUT2D eigenvalue weighted by Crippen LogP contribution is 2.34. The van der Waals surface area contributed by atoms with Gasteiger partial charge in [0.25, 0.3) is 0 Å². The zero-order valence-electron chi connectivity index (χ0n) is 11.0. The molecule has 0 saturated carbocycles. The van der Waals surface area contributed by atoms with E-state index in [1.807, 2.05) is 13.8 Å². The number of alkyl halides is 3. The lowest BCUT2D eigenvalue weighted by Crippen LogP contribution is -2.41. The highest BCUT2D eigenvalue weighted by molar-refractivity contribution is 5.05. The van der Waals surface area contributed by atoms with Crippen LogP contribution < -0.4 is 5.32 Å². The van der Waals surface area contributed by atoms with Gasteiger partial charge in [-0.05, 0) is 31.8 Å². The van der Waals surface area contributed by atoms with Crippen molar-refractivity contribution in [1.29, 1.82) is 0 Å². The summed E-state index contributed by atoms with van der Waals surface area (Å²) < 4.78 is 41.9. The predicted octanol–water partition coefficient (Wildman–Crippen LogP) is 2.45. The Morgan fingerprint density at radius 1 is 1.37 bits per heavy atom. The summed E-state index contributed by atoms with van der Waals surface area (Å²) in [4.78, 5) is 3.92. The van der Waals surface area contributed by atoms with Gasteiger partial charge in [0.15, 0.2) is 5.82 Å². The van der Waals surface area contributed by atoms with Crippen LogP contribution in [0.3, 0.4) is 0 Å². The van der Waals surface area contributed by atoms with E-state index in [2.05, 4.69) is 15.5 Å². The van der Waals surface area contributed by atoms with Crippen molar-refractivity contribution in [2.45, 2.75) is 44.7 Å². The zero-order chi connectivity index (χ0) is 14.1. The van der Waals surface area contributed by atoms with Gasteiger partial charge in [0.05, 0.1) is 0 Å². The molecule has 1 aliphatic rings. The third-order valence-electron chi connectivity index (χ3n) is 3.70. The van der Waals surface area contributed by atoms with Crippen molar-refractivity contribution in [3.8, 4) is 0 Å². The van der Waals surface area contributed by atoms with Gasteiger partial charge in [-0.2, -0.15) is 18.2 Å². The second-order valence-electron chi connectivity index (χ2n) is 5.57. The molecular formula is C12H18F3N3O. The van der Waals surface area contributed by atoms with Crippen molar-refractivity contribution >= 4 is 0 Å². The van der Waals surface area contributed by atoms with Crippen LogP contribution in [0.2, 0.25) is 0 Å². The van der Waals surface area contributed by atoms with E-state index < -0.39 is 18.0 Å². The summed E-state index contributed by atoms with van der Waals surface area (Å²) in [5.41, 5.74) is -0.412. The van der Waals surface area contributed by atoms with Crippen LogP contribution in [0.4, 0.5) is 13.2 Å². The van der Waals surface area contributed by atoms with Gasteiger partial charge in [-0.3, -0.25) is 0 Å². The highest BCUT2D eigenvalue weighted by Gasteiger charge is 2.38. The van der Waals surface area contributed by atoms with Gasteiger partial charge in [-0.1, -0.05) is 19.0 Å². The molecule has 1 atom stereocenters. The number of halogens is 3. The fourth-order valence-corrected chi connectivity index (χ4v) is 2.41. The number of piperidine rings is 1. The Morgan fingerprint density at radius 3 is 2.68 bits per heavy atom. The molecule has 0 aliphatic carbocycles. The number of rotatable bonds is 3. The molecule has 1 fully saturated rings. The van der Waals surface area contributed by atoms with Crippen molar-refractivity contribution in [2.24, 2.45) is 5.92 Å². The van der Waals surface area contributed by atoms with E-state index in [-0.39, 0.29) is 5.82 Å². The van der Waals surface area contributed by atoms with Crippen LogP contribution in [-0.2, 0) is 11.8 Å². The van der Waals surface area contributed by atoms with Crippen LogP contribution in [0.5, 0.6) is 0 Å². The van der Waals surface area contributed by atoms with Crippen molar-refractivity contribution in [1.82, 2.24) is 15.5 Å². The van der Waals surface area contributed by atoms with E-state index >= 15 is 0 Å². The van der Waals surface area contributed by atoms with Gasteiger partial charge in [0.2, 0.25) is 5.89 Å². The second kappa shape index (κ2) is 5.11. The van der Waals surface area contributed by atoms with E-state index in [0.717, 1.165) is 25.9 Å². The largest absolute Gasteiger partial charge is 0.396 e. The van der Waals surface area contributed by atoms with E-state index in [1.165, 1.54) is 0 Å². The molecule has 7 heteroatoms. The minimum absolute atomic E-state index is 0.292. The number of nitrogens with zero attached hydrogens (tertiary/aromatic N) is 2. The van der Waals surface area contributed by atoms with Crippen molar-refractivity contribution < 1.29 is 17.7 Å². The summed E-state index contributed by atoms with van der Waals surface area (Å²) >= 11 is 0. The Balaban J connectivity index is 2.11. The molecule has 1 aliphatic heterocycles. The summed E-state index contributed by atoms with van der Waals surface area (Å²) in [6, 6.07) is 0. The smallest absolute Gasteiger partial charge is 0.339 e. The molecule has 1 saturated heterocycles. The van der Waals surface area contributed by atoms with Crippen LogP contribution in [0.25, 0.3) is 0 Å². The van der Waals surface area contributed by atoms with Crippen molar-refractivity contribution in [2.75, 3.05) is 13.1 Å². The third-order valence-corrected chi connectivity index (χ3v) is 3.70. The maximum Gasteiger partial charge on any atom is 0.396 e. The first-order valence-electron chi connectivity index (χ1n) is 6.39. The molecule has 4 nitrogen and oxygen atoms in total. The average molecular weight is 277 g/mol. The molecule has 1 N–H and O–H groups in total. The second-order valence-corrected chi connectivity index (χ2v) is 5.57. The van der Waals surface area contributed by atoms with Gasteiger partial charge < -0.3 is 9.84 Å². The lowest BCUT2D eigenvalue weighted by Gasteiger charge is -2.34. The fourth-order valence-electron chi connectivity index (χ4n) is 2.41. The highest BCUT2D eigenvalue weighted by atomic mass is 19.4. The first-order chi connectivity index (χ1) is 8.79. The molecule has 108 valence electrons. The Bertz CT molecular complexity index is 422. The molecule has 0 bridgehead atoms. The van der Waals surface area contributed by atoms with Crippen LogP contribution in [0, 0.1) is 5.92 Å². The maximum atomic E-state index is 12.3. The topological polar surface area (TPSA) is 51.0 Å². The molecule has 19 heavy (non-hydrogen) atoms. The van der Waals surface area contributed by atoms with E-state index in [0.29, 0.717) is 11.8 Å². The summed E-state index contributed by atoms with van der Waals surface area (Å²) in [5.74, 6) is 0.292. The van der Waals surface area contributed by atoms with Crippen LogP contribution in [0.15, 0.2) is 4.52 Å². The lowest BCUT2D eigenvalue weighted by atomic mass is 9.75.